The van der Waals surface area contributed by atoms with Crippen molar-refractivity contribution in [2.75, 3.05) is 11.9 Å². The normalized spacial score (nSPS) is 10.3. The highest BCUT2D eigenvalue weighted by molar-refractivity contribution is 9.10. The second-order valence-electron chi connectivity index (χ2n) is 4.82. The molecule has 0 atom stereocenters. The molecular formula is C16H17BrN2S. The summed E-state index contributed by atoms with van der Waals surface area (Å²) in [6.07, 6.45) is 0. The van der Waals surface area contributed by atoms with Crippen LogP contribution < -0.4 is 10.6 Å². The van der Waals surface area contributed by atoms with Gasteiger partial charge in [-0.1, -0.05) is 52.4 Å². The van der Waals surface area contributed by atoms with Crippen molar-refractivity contribution in [2.45, 2.75) is 13.5 Å². The predicted octanol–water partition coefficient (Wildman–Crippen LogP) is 4.03. The van der Waals surface area contributed by atoms with Crippen molar-refractivity contribution in [3.63, 3.8) is 0 Å². The molecule has 0 aliphatic heterocycles. The van der Waals surface area contributed by atoms with Gasteiger partial charge < -0.3 is 10.6 Å². The molecule has 20 heavy (non-hydrogen) atoms. The van der Waals surface area contributed by atoms with E-state index in [2.05, 4.69) is 65.1 Å². The zero-order chi connectivity index (χ0) is 14.7. The van der Waals surface area contributed by atoms with Crippen molar-refractivity contribution in [3.05, 3.63) is 63.6 Å². The van der Waals surface area contributed by atoms with Gasteiger partial charge in [-0.3, -0.25) is 0 Å². The van der Waals surface area contributed by atoms with Gasteiger partial charge in [-0.25, -0.2) is 0 Å². The largest absolute Gasteiger partial charge is 0.389 e. The maximum Gasteiger partial charge on any atom is 0.106 e. The molecular weight excluding hydrogens is 332 g/mol. The summed E-state index contributed by atoms with van der Waals surface area (Å²) in [5.41, 5.74) is 10.3. The molecule has 2 nitrogen and oxygen atoms in total. The third-order valence-corrected chi connectivity index (χ3v) is 3.97. The van der Waals surface area contributed by atoms with E-state index in [0.29, 0.717) is 4.99 Å². The monoisotopic (exact) mass is 348 g/mol. The van der Waals surface area contributed by atoms with E-state index < -0.39 is 0 Å². The van der Waals surface area contributed by atoms with E-state index in [1.807, 2.05) is 12.1 Å². The third-order valence-electron chi connectivity index (χ3n) is 3.22. The van der Waals surface area contributed by atoms with Gasteiger partial charge in [-0.05, 0) is 36.2 Å². The van der Waals surface area contributed by atoms with E-state index in [-0.39, 0.29) is 0 Å². The zero-order valence-electron chi connectivity index (χ0n) is 11.6. The Morgan fingerprint density at radius 1 is 1.20 bits per heavy atom. The molecule has 0 aliphatic carbocycles. The van der Waals surface area contributed by atoms with Gasteiger partial charge in [-0.2, -0.15) is 0 Å². The number of aryl methyl sites for hydroxylation is 1. The summed E-state index contributed by atoms with van der Waals surface area (Å²) in [7, 11) is 2.06. The fourth-order valence-corrected chi connectivity index (χ4v) is 2.74. The van der Waals surface area contributed by atoms with Crippen LogP contribution in [0, 0.1) is 6.92 Å². The van der Waals surface area contributed by atoms with Gasteiger partial charge >= 0.3 is 0 Å². The molecule has 0 aromatic heterocycles. The first-order valence-electron chi connectivity index (χ1n) is 6.34. The Morgan fingerprint density at radius 3 is 2.45 bits per heavy atom. The highest BCUT2D eigenvalue weighted by atomic mass is 79.9. The third kappa shape index (κ3) is 3.38. The number of halogens is 1. The number of anilines is 1. The minimum absolute atomic E-state index is 0.436. The number of thiocarbonyl (C=S) groups is 1. The standard InChI is InChI=1S/C16H17BrN2S/c1-11-4-3-5-14(16(18)20)15(11)19(2)10-12-6-8-13(17)9-7-12/h3-9H,10H2,1-2H3,(H2,18,20). The first-order chi connectivity index (χ1) is 9.49. The van der Waals surface area contributed by atoms with Crippen LogP contribution in [0.1, 0.15) is 16.7 Å². The van der Waals surface area contributed by atoms with Crippen LogP contribution in [0.15, 0.2) is 46.9 Å². The molecule has 0 spiro atoms. The molecule has 0 radical (unpaired) electrons. The van der Waals surface area contributed by atoms with E-state index in [9.17, 15) is 0 Å². The number of hydrogen-bond acceptors (Lipinski definition) is 2. The maximum atomic E-state index is 5.83. The average molecular weight is 349 g/mol. The fourth-order valence-electron chi connectivity index (χ4n) is 2.31. The number of nitrogens with zero attached hydrogens (tertiary/aromatic N) is 1. The van der Waals surface area contributed by atoms with E-state index in [1.165, 1.54) is 11.1 Å². The minimum atomic E-state index is 0.436. The summed E-state index contributed by atoms with van der Waals surface area (Å²) < 4.78 is 1.09. The van der Waals surface area contributed by atoms with Crippen LogP contribution in [0.25, 0.3) is 0 Å². The van der Waals surface area contributed by atoms with Gasteiger partial charge in [0, 0.05) is 29.3 Å². The van der Waals surface area contributed by atoms with Crippen molar-refractivity contribution >= 4 is 38.8 Å². The molecule has 0 heterocycles. The van der Waals surface area contributed by atoms with Gasteiger partial charge in [0.15, 0.2) is 0 Å². The number of rotatable bonds is 4. The van der Waals surface area contributed by atoms with Crippen molar-refractivity contribution in [1.29, 1.82) is 0 Å². The van der Waals surface area contributed by atoms with Crippen molar-refractivity contribution in [1.82, 2.24) is 0 Å². The van der Waals surface area contributed by atoms with Crippen LogP contribution in [-0.4, -0.2) is 12.0 Å². The lowest BCUT2D eigenvalue weighted by molar-refractivity contribution is 0.915. The van der Waals surface area contributed by atoms with Crippen LogP contribution >= 0.6 is 28.1 Å². The Bertz CT molecular complexity index is 623. The summed E-state index contributed by atoms with van der Waals surface area (Å²) in [5.74, 6) is 0. The Kier molecular flexibility index (Phi) is 4.78. The van der Waals surface area contributed by atoms with Crippen LogP contribution in [0.2, 0.25) is 0 Å². The second-order valence-corrected chi connectivity index (χ2v) is 6.17. The van der Waals surface area contributed by atoms with Crippen molar-refractivity contribution in [2.24, 2.45) is 5.73 Å². The number of hydrogen-bond donors (Lipinski definition) is 1. The summed E-state index contributed by atoms with van der Waals surface area (Å²) >= 11 is 8.61. The van der Waals surface area contributed by atoms with Gasteiger partial charge in [-0.15, -0.1) is 0 Å². The van der Waals surface area contributed by atoms with Crippen molar-refractivity contribution in [3.8, 4) is 0 Å². The number of nitrogens with two attached hydrogens (primary N) is 1. The molecule has 4 heteroatoms. The molecule has 104 valence electrons. The van der Waals surface area contributed by atoms with Crippen molar-refractivity contribution < 1.29 is 0 Å². The number of para-hydroxylation sites is 1. The molecule has 0 bridgehead atoms. The Labute approximate surface area is 133 Å². The molecule has 0 unspecified atom stereocenters. The summed E-state index contributed by atoms with van der Waals surface area (Å²) in [5, 5.41) is 0. The summed E-state index contributed by atoms with van der Waals surface area (Å²) in [4.78, 5) is 2.62. The lowest BCUT2D eigenvalue weighted by Gasteiger charge is -2.24. The molecule has 2 rings (SSSR count). The first-order valence-corrected chi connectivity index (χ1v) is 7.54. The maximum absolute atomic E-state index is 5.83. The lowest BCUT2D eigenvalue weighted by Crippen LogP contribution is -2.22. The molecule has 0 saturated heterocycles. The van der Waals surface area contributed by atoms with Crippen LogP contribution in [0.3, 0.4) is 0 Å². The quantitative estimate of drug-likeness (QED) is 0.845. The number of benzene rings is 2. The smallest absolute Gasteiger partial charge is 0.106 e. The average Bonchev–Trinajstić information content (AvgIpc) is 2.40. The van der Waals surface area contributed by atoms with Gasteiger partial charge in [0.05, 0.1) is 0 Å². The van der Waals surface area contributed by atoms with E-state index in [0.717, 1.165) is 22.3 Å². The van der Waals surface area contributed by atoms with Crippen LogP contribution in [-0.2, 0) is 6.54 Å². The highest BCUT2D eigenvalue weighted by Crippen LogP contribution is 2.26. The predicted molar refractivity (Wildman–Crippen MR) is 93.3 cm³/mol. The van der Waals surface area contributed by atoms with Crippen LogP contribution in [0.4, 0.5) is 5.69 Å². The van der Waals surface area contributed by atoms with E-state index in [1.54, 1.807) is 0 Å². The van der Waals surface area contributed by atoms with E-state index in [4.69, 9.17) is 18.0 Å². The molecule has 0 fully saturated rings. The zero-order valence-corrected chi connectivity index (χ0v) is 14.0. The molecule has 0 amide bonds. The first kappa shape index (κ1) is 15.0. The fraction of sp³-hybridized carbons (Fsp3) is 0.188. The minimum Gasteiger partial charge on any atom is -0.389 e. The lowest BCUT2D eigenvalue weighted by atomic mass is 10.1. The Morgan fingerprint density at radius 2 is 1.85 bits per heavy atom. The Balaban J connectivity index is 2.31. The molecule has 2 aromatic carbocycles. The molecule has 2 N–H and O–H groups in total. The summed E-state index contributed by atoms with van der Waals surface area (Å²) in [6, 6.07) is 14.4. The van der Waals surface area contributed by atoms with Gasteiger partial charge in [0.25, 0.3) is 0 Å². The topological polar surface area (TPSA) is 29.3 Å². The molecule has 2 aromatic rings. The van der Waals surface area contributed by atoms with Gasteiger partial charge in [0.1, 0.15) is 4.99 Å². The SMILES string of the molecule is Cc1cccc(C(N)=S)c1N(C)Cc1ccc(Br)cc1. The molecule has 0 aliphatic rings. The van der Waals surface area contributed by atoms with Crippen LogP contribution in [0.5, 0.6) is 0 Å². The summed E-state index contributed by atoms with van der Waals surface area (Å²) in [6.45, 7) is 2.89. The second kappa shape index (κ2) is 6.37. The van der Waals surface area contributed by atoms with E-state index >= 15 is 0 Å². The molecule has 0 saturated carbocycles. The van der Waals surface area contributed by atoms with Gasteiger partial charge in [0.2, 0.25) is 0 Å². The Hall–Kier alpha value is -1.39. The highest BCUT2D eigenvalue weighted by Gasteiger charge is 2.12.